The number of thiophene rings is 1. The molecule has 19 heavy (non-hydrogen) atoms. The van der Waals surface area contributed by atoms with E-state index in [4.69, 9.17) is 0 Å². The largest absolute Gasteiger partial charge is 0.312 e. The fourth-order valence-electron chi connectivity index (χ4n) is 2.64. The number of carbonyl (C=O) groups excluding carboxylic acids is 1. The lowest BCUT2D eigenvalue weighted by atomic mass is 9.97. The van der Waals surface area contributed by atoms with Crippen LogP contribution in [-0.4, -0.2) is 12.5 Å². The fourth-order valence-corrected chi connectivity index (χ4v) is 3.77. The van der Waals surface area contributed by atoms with Gasteiger partial charge >= 0.3 is 0 Å². The molecule has 0 aliphatic carbocycles. The van der Waals surface area contributed by atoms with Crippen molar-refractivity contribution < 1.29 is 4.79 Å². The van der Waals surface area contributed by atoms with E-state index in [1.165, 1.54) is 4.88 Å². The highest BCUT2D eigenvalue weighted by Crippen LogP contribution is 2.40. The second kappa shape index (κ2) is 5.10. The van der Waals surface area contributed by atoms with Crippen LogP contribution in [0.3, 0.4) is 0 Å². The first-order valence-corrected chi connectivity index (χ1v) is 8.01. The van der Waals surface area contributed by atoms with Gasteiger partial charge in [-0.05, 0) is 48.6 Å². The Morgan fingerprint density at radius 1 is 1.37 bits per heavy atom. The van der Waals surface area contributed by atoms with Gasteiger partial charge in [0.05, 0.1) is 5.92 Å². The van der Waals surface area contributed by atoms with Gasteiger partial charge in [-0.1, -0.05) is 22.0 Å². The first-order chi connectivity index (χ1) is 9.20. The van der Waals surface area contributed by atoms with Gasteiger partial charge in [-0.15, -0.1) is 11.3 Å². The maximum Gasteiger partial charge on any atom is 0.234 e. The Bertz CT molecular complexity index is 609. The Hall–Kier alpha value is -1.13. The Balaban J connectivity index is 2.01. The summed E-state index contributed by atoms with van der Waals surface area (Å²) in [5.41, 5.74) is 2.21. The van der Waals surface area contributed by atoms with Crippen molar-refractivity contribution in [1.29, 1.82) is 0 Å². The maximum absolute atomic E-state index is 12.5. The molecule has 1 unspecified atom stereocenters. The van der Waals surface area contributed by atoms with E-state index in [9.17, 15) is 4.79 Å². The van der Waals surface area contributed by atoms with Gasteiger partial charge in [-0.2, -0.15) is 0 Å². The lowest BCUT2D eigenvalue weighted by Gasteiger charge is -2.15. The van der Waals surface area contributed by atoms with E-state index in [2.05, 4.69) is 33.4 Å². The first-order valence-electron chi connectivity index (χ1n) is 6.34. The Kier molecular flexibility index (Phi) is 3.46. The minimum absolute atomic E-state index is 0.0360. The highest BCUT2D eigenvalue weighted by molar-refractivity contribution is 9.10. The van der Waals surface area contributed by atoms with E-state index in [0.29, 0.717) is 0 Å². The van der Waals surface area contributed by atoms with Crippen molar-refractivity contribution in [3.8, 4) is 0 Å². The van der Waals surface area contributed by atoms with Crippen LogP contribution in [0.25, 0.3) is 0 Å². The number of hydrogen-bond donors (Lipinski definition) is 0. The van der Waals surface area contributed by atoms with Crippen molar-refractivity contribution in [3.05, 3.63) is 50.6 Å². The number of fused-ring (bicyclic) bond motifs is 1. The molecule has 2 heterocycles. The zero-order chi connectivity index (χ0) is 13.4. The Labute approximate surface area is 125 Å². The van der Waals surface area contributed by atoms with Gasteiger partial charge in [0.1, 0.15) is 0 Å². The van der Waals surface area contributed by atoms with Gasteiger partial charge in [-0.25, -0.2) is 0 Å². The van der Waals surface area contributed by atoms with E-state index < -0.39 is 0 Å². The van der Waals surface area contributed by atoms with Crippen molar-refractivity contribution in [3.63, 3.8) is 0 Å². The van der Waals surface area contributed by atoms with E-state index in [0.717, 1.165) is 28.7 Å². The average Bonchev–Trinajstić information content (AvgIpc) is 2.98. The summed E-state index contributed by atoms with van der Waals surface area (Å²) in [7, 11) is 0. The number of rotatable bonds is 3. The molecular weight excluding hydrogens is 322 g/mol. The number of amides is 1. The third kappa shape index (κ3) is 2.23. The van der Waals surface area contributed by atoms with Crippen LogP contribution in [0.2, 0.25) is 0 Å². The summed E-state index contributed by atoms with van der Waals surface area (Å²) in [6.45, 7) is 2.76. The Morgan fingerprint density at radius 2 is 2.21 bits per heavy atom. The molecule has 0 bridgehead atoms. The number of nitrogens with zero attached hydrogens (tertiary/aromatic N) is 1. The zero-order valence-corrected chi connectivity index (χ0v) is 13.0. The number of anilines is 1. The molecule has 0 spiro atoms. The molecule has 1 aliphatic rings. The molecule has 1 atom stereocenters. The smallest absolute Gasteiger partial charge is 0.234 e. The fraction of sp³-hybridized carbons (Fsp3) is 0.267. The second-order valence-electron chi connectivity index (χ2n) is 4.62. The maximum atomic E-state index is 12.5. The van der Waals surface area contributed by atoms with Gasteiger partial charge in [0.2, 0.25) is 5.91 Å². The third-order valence-corrected chi connectivity index (χ3v) is 4.91. The van der Waals surface area contributed by atoms with Gasteiger partial charge in [-0.3, -0.25) is 4.79 Å². The molecule has 0 saturated heterocycles. The molecular formula is C15H14BrNOS. The SMILES string of the molecule is CCN1C(=O)C(Cc2cccs2)c2cc(Br)ccc21. The number of halogens is 1. The number of benzene rings is 1. The number of hydrogen-bond acceptors (Lipinski definition) is 2. The molecule has 1 aromatic heterocycles. The molecule has 1 amide bonds. The lowest BCUT2D eigenvalue weighted by molar-refractivity contribution is -0.119. The van der Waals surface area contributed by atoms with Crippen LogP contribution in [0.5, 0.6) is 0 Å². The van der Waals surface area contributed by atoms with Crippen LogP contribution in [0.4, 0.5) is 5.69 Å². The van der Waals surface area contributed by atoms with Gasteiger partial charge in [0, 0.05) is 21.6 Å². The first kappa shape index (κ1) is 12.9. The molecule has 98 valence electrons. The summed E-state index contributed by atoms with van der Waals surface area (Å²) in [5, 5.41) is 2.06. The molecule has 1 aliphatic heterocycles. The van der Waals surface area contributed by atoms with Crippen LogP contribution >= 0.6 is 27.3 Å². The lowest BCUT2D eigenvalue weighted by Crippen LogP contribution is -2.28. The minimum atomic E-state index is -0.0360. The monoisotopic (exact) mass is 335 g/mol. The summed E-state index contributed by atoms with van der Waals surface area (Å²) in [6, 6.07) is 10.3. The molecule has 2 nitrogen and oxygen atoms in total. The van der Waals surface area contributed by atoms with Crippen LogP contribution in [0, 0.1) is 0 Å². The minimum Gasteiger partial charge on any atom is -0.312 e. The van der Waals surface area contributed by atoms with Crippen molar-refractivity contribution in [1.82, 2.24) is 0 Å². The van der Waals surface area contributed by atoms with Gasteiger partial charge in [0.25, 0.3) is 0 Å². The van der Waals surface area contributed by atoms with E-state index in [-0.39, 0.29) is 11.8 Å². The van der Waals surface area contributed by atoms with Crippen molar-refractivity contribution >= 4 is 38.9 Å². The normalized spacial score (nSPS) is 17.9. The summed E-state index contributed by atoms with van der Waals surface area (Å²) >= 11 is 5.22. The van der Waals surface area contributed by atoms with Crippen LogP contribution in [0.1, 0.15) is 23.3 Å². The molecule has 0 radical (unpaired) electrons. The molecule has 1 aromatic carbocycles. The molecule has 0 fully saturated rings. The van der Waals surface area contributed by atoms with Gasteiger partial charge in [0.15, 0.2) is 0 Å². The zero-order valence-electron chi connectivity index (χ0n) is 10.6. The molecule has 4 heteroatoms. The molecule has 2 aromatic rings. The predicted octanol–water partition coefficient (Wildman–Crippen LogP) is 4.20. The Morgan fingerprint density at radius 3 is 2.89 bits per heavy atom. The highest BCUT2D eigenvalue weighted by atomic mass is 79.9. The standard InChI is InChI=1S/C15H14BrNOS/c1-2-17-14-6-5-10(16)8-12(14)13(15(17)18)9-11-4-3-7-19-11/h3-8,13H,2,9H2,1H3. The number of carbonyl (C=O) groups is 1. The molecule has 0 N–H and O–H groups in total. The third-order valence-electron chi connectivity index (χ3n) is 3.52. The van der Waals surface area contributed by atoms with Crippen molar-refractivity contribution in [2.24, 2.45) is 0 Å². The van der Waals surface area contributed by atoms with E-state index in [1.54, 1.807) is 11.3 Å². The average molecular weight is 336 g/mol. The van der Waals surface area contributed by atoms with Crippen LogP contribution < -0.4 is 4.90 Å². The molecule has 3 rings (SSSR count). The van der Waals surface area contributed by atoms with Crippen molar-refractivity contribution in [2.75, 3.05) is 11.4 Å². The summed E-state index contributed by atoms with van der Waals surface area (Å²) in [4.78, 5) is 15.7. The summed E-state index contributed by atoms with van der Waals surface area (Å²) < 4.78 is 1.04. The van der Waals surface area contributed by atoms with Crippen LogP contribution in [0.15, 0.2) is 40.2 Å². The summed E-state index contributed by atoms with van der Waals surface area (Å²) in [5.74, 6) is 0.190. The van der Waals surface area contributed by atoms with Crippen molar-refractivity contribution in [2.45, 2.75) is 19.3 Å². The van der Waals surface area contributed by atoms with Crippen LogP contribution in [-0.2, 0) is 11.2 Å². The predicted molar refractivity (Wildman–Crippen MR) is 82.9 cm³/mol. The molecule has 0 saturated carbocycles. The topological polar surface area (TPSA) is 20.3 Å². The quantitative estimate of drug-likeness (QED) is 0.822. The van der Waals surface area contributed by atoms with E-state index >= 15 is 0 Å². The highest BCUT2D eigenvalue weighted by Gasteiger charge is 2.36. The number of likely N-dealkylation sites (N-methyl/N-ethyl adjacent to an activating group) is 1. The summed E-state index contributed by atoms with van der Waals surface area (Å²) in [6.07, 6.45) is 0.802. The van der Waals surface area contributed by atoms with E-state index in [1.807, 2.05) is 30.0 Å². The van der Waals surface area contributed by atoms with Gasteiger partial charge < -0.3 is 4.90 Å². The second-order valence-corrected chi connectivity index (χ2v) is 6.57.